The van der Waals surface area contributed by atoms with Crippen molar-refractivity contribution in [1.29, 1.82) is 0 Å². The second-order valence-corrected chi connectivity index (χ2v) is 21.7. The highest BCUT2D eigenvalue weighted by molar-refractivity contribution is 5.91. The second kappa shape index (κ2) is 22.0. The van der Waals surface area contributed by atoms with E-state index in [2.05, 4.69) is 26.4 Å². The quantitative estimate of drug-likeness (QED) is 0.0692. The Hall–Kier alpha value is -5.01. The predicted molar refractivity (Wildman–Crippen MR) is 277 cm³/mol. The number of ether oxygens (including phenoxy) is 2. The highest BCUT2D eigenvalue weighted by atomic mass is 16.6. The molecule has 0 bridgehead atoms. The van der Waals surface area contributed by atoms with E-state index in [4.69, 9.17) is 16.3 Å². The van der Waals surface area contributed by atoms with Crippen LogP contribution in [0.4, 0.5) is 9.59 Å². The van der Waals surface area contributed by atoms with Crippen LogP contribution >= 0.6 is 0 Å². The third-order valence-corrected chi connectivity index (χ3v) is 14.8. The van der Waals surface area contributed by atoms with E-state index in [1.165, 1.54) is 11.9 Å². The van der Waals surface area contributed by atoms with Crippen LogP contribution in [-0.2, 0) is 30.0 Å². The molecule has 0 saturated carbocycles. The second-order valence-electron chi connectivity index (χ2n) is 21.7. The minimum absolute atomic E-state index is 0.397. The van der Waals surface area contributed by atoms with Crippen molar-refractivity contribution in [1.82, 2.24) is 31.4 Å². The SMILES string of the molecule is [2H]C([2H])([2H])C(C([2H])([2H])C)(C([2H])(C)C)[C@]([2H])(NC(=O)OC)C(=O)NN(C[C@](C)(O)[C@@H](NC(=O)[C@@](C)(NC(=O)OC(C)C)C(C)(CC)C(C)(C)C)C(C)(C)c1ccccc1C)C(C)(C)c1ccc(-c2ncccc2C)cc1C. The molecule has 0 fully saturated rings. The van der Waals surface area contributed by atoms with Crippen LogP contribution in [0.15, 0.2) is 60.8 Å². The van der Waals surface area contributed by atoms with E-state index in [1.54, 1.807) is 46.9 Å². The van der Waals surface area contributed by atoms with Gasteiger partial charge in [0.2, 0.25) is 5.91 Å². The molecule has 13 nitrogen and oxygen atoms in total. The number of carbonyl (C=O) groups is 4. The summed E-state index contributed by atoms with van der Waals surface area (Å²) < 4.78 is 74.6. The van der Waals surface area contributed by atoms with E-state index in [-0.39, 0.29) is 0 Å². The van der Waals surface area contributed by atoms with Gasteiger partial charge in [-0.2, -0.15) is 0 Å². The molecule has 2 aromatic carbocycles. The molecule has 384 valence electrons. The van der Waals surface area contributed by atoms with Crippen LogP contribution in [0.25, 0.3) is 11.3 Å². The molecule has 0 aliphatic heterocycles. The molecule has 1 aromatic heterocycles. The lowest BCUT2D eigenvalue weighted by Crippen LogP contribution is -2.73. The number of carbonyl (C=O) groups excluding carboxylic acids is 4. The first-order chi connectivity index (χ1) is 34.2. The fraction of sp³-hybridized carbons (Fsp3) is 0.625. The number of methoxy groups -OCH3 is 1. The zero-order valence-corrected chi connectivity index (χ0v) is 45.1. The van der Waals surface area contributed by atoms with Crippen molar-refractivity contribution in [2.24, 2.45) is 22.1 Å². The molecule has 69 heavy (non-hydrogen) atoms. The Kier molecular flexibility index (Phi) is 15.2. The molecule has 0 aliphatic carbocycles. The maximum absolute atomic E-state index is 15.7. The van der Waals surface area contributed by atoms with Gasteiger partial charge in [0.25, 0.3) is 5.91 Å². The monoisotopic (exact) mass is 964 g/mol. The summed E-state index contributed by atoms with van der Waals surface area (Å²) in [6, 6.07) is 11.8. The van der Waals surface area contributed by atoms with E-state index in [0.717, 1.165) is 44.6 Å². The highest BCUT2D eigenvalue weighted by Crippen LogP contribution is 2.50. The Morgan fingerprint density at radius 2 is 1.43 bits per heavy atom. The average Bonchev–Trinajstić information content (AvgIpc) is 3.25. The minimum atomic E-state index is -3.65. The molecule has 6 atom stereocenters. The van der Waals surface area contributed by atoms with Gasteiger partial charge in [-0.3, -0.25) is 20.0 Å². The van der Waals surface area contributed by atoms with Crippen molar-refractivity contribution in [3.05, 3.63) is 88.6 Å². The molecule has 0 radical (unpaired) electrons. The van der Waals surface area contributed by atoms with Crippen LogP contribution in [-0.4, -0.2) is 82.1 Å². The van der Waals surface area contributed by atoms with E-state index < -0.39 is 106 Å². The Bertz CT molecular complexity index is 2550. The predicted octanol–water partition coefficient (Wildman–Crippen LogP) is 10.6. The van der Waals surface area contributed by atoms with Gasteiger partial charge < -0.3 is 30.5 Å². The first-order valence-corrected chi connectivity index (χ1v) is 23.8. The standard InChI is InChI=1S/C56H88N6O7/c1-22-53(17,35(3)4)44(58-48(65)68-21)45(63)61-62(52(15,16)42-31-30-40(33-39(42)9)43-38(8)28-26-32-57-43)34-54(18,67)46(51(13,14)41-29-25-24-27-37(41)7)59-47(64)56(20,60-49(66)69-36(5)6)55(19,23-2)50(10,11)12/h24-33,35-36,44,46,67H,22-23,34H2,1-21H3,(H,58,65)(H,59,64)(H,60,66)(H,61,63)/t44-,46+,53?,54+,55?,56-/m1/s1/i17D3,22D2,35D,44D. The number of aryl methyl sites for hydroxylation is 3. The van der Waals surface area contributed by atoms with Gasteiger partial charge in [0.05, 0.1) is 37.5 Å². The van der Waals surface area contributed by atoms with E-state index >= 15 is 9.59 Å². The average molecular weight is 964 g/mol. The number of alkyl carbamates (subject to hydrolysis) is 2. The lowest BCUT2D eigenvalue weighted by Gasteiger charge is -2.54. The number of nitrogens with one attached hydrogen (secondary N) is 4. The Morgan fingerprint density at radius 1 is 0.826 bits per heavy atom. The van der Waals surface area contributed by atoms with Crippen LogP contribution in [0, 0.1) is 42.9 Å². The first-order valence-electron chi connectivity index (χ1n) is 27.3. The molecule has 13 heteroatoms. The molecule has 1 heterocycles. The summed E-state index contributed by atoms with van der Waals surface area (Å²) in [5.74, 6) is -4.79. The smallest absolute Gasteiger partial charge is 0.408 e. The fourth-order valence-corrected chi connectivity index (χ4v) is 9.86. The van der Waals surface area contributed by atoms with Gasteiger partial charge in [0.1, 0.15) is 11.6 Å². The van der Waals surface area contributed by atoms with Crippen molar-refractivity contribution >= 4 is 24.0 Å². The number of nitrogens with zero attached hydrogens (tertiary/aromatic N) is 2. The van der Waals surface area contributed by atoms with Crippen LogP contribution < -0.4 is 21.4 Å². The number of hydrazine groups is 1. The van der Waals surface area contributed by atoms with Crippen molar-refractivity contribution in [3.63, 3.8) is 0 Å². The molecule has 3 aromatic rings. The maximum atomic E-state index is 15.7. The summed E-state index contributed by atoms with van der Waals surface area (Å²) in [6.07, 6.45) is -3.85. The molecule has 0 aliphatic rings. The number of pyridine rings is 1. The summed E-state index contributed by atoms with van der Waals surface area (Å²) in [7, 11) is 0.922. The zero-order chi connectivity index (χ0) is 59.0. The summed E-state index contributed by atoms with van der Waals surface area (Å²) >= 11 is 0. The fourth-order valence-electron chi connectivity index (χ4n) is 9.86. The summed E-state index contributed by atoms with van der Waals surface area (Å²) in [4.78, 5) is 63.2. The number of hydrogen-bond acceptors (Lipinski definition) is 9. The first kappa shape index (κ1) is 47.7. The van der Waals surface area contributed by atoms with Crippen LogP contribution in [0.3, 0.4) is 0 Å². The molecule has 4 amide bonds. The third-order valence-electron chi connectivity index (χ3n) is 14.8. The van der Waals surface area contributed by atoms with E-state index in [0.29, 0.717) is 28.8 Å². The van der Waals surface area contributed by atoms with Gasteiger partial charge >= 0.3 is 12.2 Å². The Morgan fingerprint density at radius 3 is 1.93 bits per heavy atom. The molecular formula is C56H88N6O7. The molecule has 2 unspecified atom stereocenters. The minimum Gasteiger partial charge on any atom is -0.453 e. The largest absolute Gasteiger partial charge is 0.453 e. The van der Waals surface area contributed by atoms with E-state index in [1.807, 2.05) is 118 Å². The Balaban J connectivity index is 2.59. The van der Waals surface area contributed by atoms with Crippen LogP contribution in [0.1, 0.15) is 168 Å². The molecule has 0 saturated heterocycles. The van der Waals surface area contributed by atoms with Crippen molar-refractivity contribution in [2.75, 3.05) is 13.7 Å². The molecule has 0 spiro atoms. The van der Waals surface area contributed by atoms with Gasteiger partial charge in [-0.15, -0.1) is 0 Å². The lowest BCUT2D eigenvalue weighted by atomic mass is 9.55. The Labute approximate surface area is 424 Å². The van der Waals surface area contributed by atoms with E-state index in [9.17, 15) is 17.4 Å². The van der Waals surface area contributed by atoms with Crippen molar-refractivity contribution in [2.45, 2.75) is 191 Å². The third kappa shape index (κ3) is 12.3. The van der Waals surface area contributed by atoms with Gasteiger partial charge in [-0.25, -0.2) is 14.6 Å². The number of benzene rings is 2. The summed E-state index contributed by atoms with van der Waals surface area (Å²) in [5, 5.41) is 23.1. The maximum Gasteiger partial charge on any atom is 0.408 e. The van der Waals surface area contributed by atoms with Gasteiger partial charge in [-0.05, 0) is 132 Å². The number of aromatic nitrogens is 1. The number of hydrogen-bond donors (Lipinski definition) is 5. The molecule has 3 rings (SSSR count). The lowest BCUT2D eigenvalue weighted by molar-refractivity contribution is -0.146. The van der Waals surface area contributed by atoms with Gasteiger partial charge in [-0.1, -0.05) is 119 Å². The summed E-state index contributed by atoms with van der Waals surface area (Å²) in [5.41, 5.74) is -3.76. The highest BCUT2D eigenvalue weighted by Gasteiger charge is 2.58. The topological polar surface area (TPSA) is 171 Å². The summed E-state index contributed by atoms with van der Waals surface area (Å²) in [6.45, 7) is 27.6. The van der Waals surface area contributed by atoms with Gasteiger partial charge in [0.15, 0.2) is 0 Å². The number of aliphatic hydroxyl groups is 1. The van der Waals surface area contributed by atoms with Crippen molar-refractivity contribution in [3.8, 4) is 11.3 Å². The van der Waals surface area contributed by atoms with Crippen molar-refractivity contribution < 1.29 is 43.4 Å². The number of amides is 4. The number of rotatable bonds is 20. The van der Waals surface area contributed by atoms with Crippen LogP contribution in [0.2, 0.25) is 0 Å². The zero-order valence-electron chi connectivity index (χ0n) is 52.1. The van der Waals surface area contributed by atoms with Gasteiger partial charge in [0, 0.05) is 37.4 Å². The molecule has 5 N–H and O–H groups in total. The van der Waals surface area contributed by atoms with Crippen LogP contribution in [0.5, 0.6) is 0 Å². The molecular weight excluding hydrogens is 869 g/mol. The normalized spacial score (nSPS) is 19.3.